The Kier molecular flexibility index (Phi) is 2.78. The molecule has 0 aliphatic rings. The molecule has 1 rings (SSSR count). The van der Waals surface area contributed by atoms with E-state index < -0.39 is 11.7 Å². The van der Waals surface area contributed by atoms with Crippen molar-refractivity contribution in [3.63, 3.8) is 0 Å². The second-order valence-corrected chi connectivity index (χ2v) is 2.65. The molecule has 0 aromatic carbocycles. The Morgan fingerprint density at radius 2 is 2.14 bits per heavy atom. The Balaban J connectivity index is 3.23. The van der Waals surface area contributed by atoms with Crippen molar-refractivity contribution in [3.05, 3.63) is 36.2 Å². The van der Waals surface area contributed by atoms with Gasteiger partial charge in [-0.2, -0.15) is 13.2 Å². The molecule has 0 unspecified atom stereocenters. The van der Waals surface area contributed by atoms with Gasteiger partial charge < -0.3 is 5.32 Å². The maximum absolute atomic E-state index is 12.4. The first-order valence-corrected chi connectivity index (χ1v) is 3.85. The summed E-state index contributed by atoms with van der Waals surface area (Å²) in [6.45, 7) is 3.47. The van der Waals surface area contributed by atoms with Crippen molar-refractivity contribution in [2.45, 2.75) is 6.18 Å². The summed E-state index contributed by atoms with van der Waals surface area (Å²) in [4.78, 5) is 3.63. The minimum atomic E-state index is -4.38. The molecule has 0 amide bonds. The average Bonchev–Trinajstić information content (AvgIpc) is 2.15. The van der Waals surface area contributed by atoms with Crippen LogP contribution in [0.2, 0.25) is 0 Å². The normalized spacial score (nSPS) is 11.1. The lowest BCUT2D eigenvalue weighted by Crippen LogP contribution is -2.13. The number of hydrogen-bond donors (Lipinski definition) is 1. The van der Waals surface area contributed by atoms with Gasteiger partial charge in [0.05, 0.1) is 5.56 Å². The zero-order chi connectivity index (χ0) is 10.8. The lowest BCUT2D eigenvalue weighted by Gasteiger charge is -2.13. The Morgan fingerprint density at radius 3 is 2.64 bits per heavy atom. The maximum atomic E-state index is 12.4. The summed E-state index contributed by atoms with van der Waals surface area (Å²) in [5, 5.41) is 2.56. The van der Waals surface area contributed by atoms with Crippen LogP contribution in [-0.4, -0.2) is 12.0 Å². The predicted molar refractivity (Wildman–Crippen MR) is 47.3 cm³/mol. The first-order valence-electron chi connectivity index (χ1n) is 3.85. The van der Waals surface area contributed by atoms with Crippen molar-refractivity contribution in [3.8, 4) is 0 Å². The van der Waals surface area contributed by atoms with Gasteiger partial charge in [0.25, 0.3) is 0 Å². The minimum Gasteiger partial charge on any atom is -0.388 e. The molecule has 0 bridgehead atoms. The van der Waals surface area contributed by atoms with Crippen LogP contribution in [0.25, 0.3) is 5.70 Å². The van der Waals surface area contributed by atoms with E-state index in [1.54, 1.807) is 0 Å². The fraction of sp³-hybridized carbons (Fsp3) is 0.222. The van der Waals surface area contributed by atoms with Crippen molar-refractivity contribution in [2.24, 2.45) is 0 Å². The van der Waals surface area contributed by atoms with Gasteiger partial charge in [-0.3, -0.25) is 4.98 Å². The SMILES string of the molecule is C=C(NC)c1cnccc1C(F)(F)F. The molecular formula is C9H9F3N2. The molecule has 1 N–H and O–H groups in total. The largest absolute Gasteiger partial charge is 0.417 e. The second kappa shape index (κ2) is 3.69. The molecule has 0 saturated carbocycles. The third kappa shape index (κ3) is 2.04. The number of nitrogens with one attached hydrogen (secondary N) is 1. The number of halogens is 3. The van der Waals surface area contributed by atoms with E-state index in [0.29, 0.717) is 0 Å². The van der Waals surface area contributed by atoms with E-state index >= 15 is 0 Å². The number of alkyl halides is 3. The summed E-state index contributed by atoms with van der Waals surface area (Å²) in [5.41, 5.74) is -0.556. The summed E-state index contributed by atoms with van der Waals surface area (Å²) < 4.78 is 37.3. The summed E-state index contributed by atoms with van der Waals surface area (Å²) in [5.74, 6) is 0. The molecule has 14 heavy (non-hydrogen) atoms. The number of pyridine rings is 1. The van der Waals surface area contributed by atoms with Gasteiger partial charge in [0.2, 0.25) is 0 Å². The molecule has 0 atom stereocenters. The Morgan fingerprint density at radius 1 is 1.50 bits per heavy atom. The van der Waals surface area contributed by atoms with Crippen LogP contribution in [-0.2, 0) is 6.18 Å². The topological polar surface area (TPSA) is 24.9 Å². The smallest absolute Gasteiger partial charge is 0.388 e. The van der Waals surface area contributed by atoms with E-state index in [1.807, 2.05) is 0 Å². The summed E-state index contributed by atoms with van der Waals surface area (Å²) in [6.07, 6.45) is -2.13. The minimum absolute atomic E-state index is 0.0255. The van der Waals surface area contributed by atoms with Gasteiger partial charge in [0.15, 0.2) is 0 Å². The molecule has 76 valence electrons. The summed E-state index contributed by atoms with van der Waals surface area (Å²) in [6, 6.07) is 0.928. The second-order valence-electron chi connectivity index (χ2n) is 2.65. The summed E-state index contributed by atoms with van der Waals surface area (Å²) in [7, 11) is 1.51. The molecule has 1 aromatic heterocycles. The highest BCUT2D eigenvalue weighted by atomic mass is 19.4. The van der Waals surface area contributed by atoms with Gasteiger partial charge in [-0.25, -0.2) is 0 Å². The van der Waals surface area contributed by atoms with Crippen LogP contribution in [0.3, 0.4) is 0 Å². The highest BCUT2D eigenvalue weighted by Crippen LogP contribution is 2.33. The van der Waals surface area contributed by atoms with Crippen molar-refractivity contribution in [1.82, 2.24) is 10.3 Å². The Bertz CT molecular complexity index is 344. The van der Waals surface area contributed by atoms with E-state index in [-0.39, 0.29) is 11.3 Å². The van der Waals surface area contributed by atoms with Crippen LogP contribution in [0.4, 0.5) is 13.2 Å². The number of nitrogens with zero attached hydrogens (tertiary/aromatic N) is 1. The third-order valence-corrected chi connectivity index (χ3v) is 1.75. The predicted octanol–water partition coefficient (Wildman–Crippen LogP) is 2.29. The summed E-state index contributed by atoms with van der Waals surface area (Å²) >= 11 is 0. The molecule has 0 aliphatic carbocycles. The van der Waals surface area contributed by atoms with E-state index in [4.69, 9.17) is 0 Å². The van der Waals surface area contributed by atoms with Crippen molar-refractivity contribution >= 4 is 5.70 Å². The van der Waals surface area contributed by atoms with Gasteiger partial charge in [-0.15, -0.1) is 0 Å². The van der Waals surface area contributed by atoms with Gasteiger partial charge in [0.1, 0.15) is 0 Å². The fourth-order valence-corrected chi connectivity index (χ4v) is 1.02. The zero-order valence-electron chi connectivity index (χ0n) is 7.52. The first kappa shape index (κ1) is 10.6. The lowest BCUT2D eigenvalue weighted by molar-refractivity contribution is -0.137. The van der Waals surface area contributed by atoms with Crippen LogP contribution in [0, 0.1) is 0 Å². The highest BCUT2D eigenvalue weighted by Gasteiger charge is 2.33. The van der Waals surface area contributed by atoms with Gasteiger partial charge in [0, 0.05) is 30.7 Å². The monoisotopic (exact) mass is 202 g/mol. The van der Waals surface area contributed by atoms with Gasteiger partial charge in [-0.05, 0) is 6.07 Å². The first-order chi connectivity index (χ1) is 6.46. The molecule has 5 heteroatoms. The molecule has 0 saturated heterocycles. The number of hydrogen-bond acceptors (Lipinski definition) is 2. The van der Waals surface area contributed by atoms with Crippen molar-refractivity contribution < 1.29 is 13.2 Å². The highest BCUT2D eigenvalue weighted by molar-refractivity contribution is 5.64. The van der Waals surface area contributed by atoms with Crippen LogP contribution in [0.1, 0.15) is 11.1 Å². The van der Waals surface area contributed by atoms with E-state index in [9.17, 15) is 13.2 Å². The molecule has 1 heterocycles. The third-order valence-electron chi connectivity index (χ3n) is 1.75. The molecule has 0 radical (unpaired) electrons. The van der Waals surface area contributed by atoms with Crippen molar-refractivity contribution in [1.29, 1.82) is 0 Å². The van der Waals surface area contributed by atoms with Crippen LogP contribution >= 0.6 is 0 Å². The standard InChI is InChI=1S/C9H9F3N2/c1-6(13-2)7-5-14-4-3-8(7)9(10,11)12/h3-5,13H,1H2,2H3. The fourth-order valence-electron chi connectivity index (χ4n) is 1.02. The molecule has 2 nitrogen and oxygen atoms in total. The molecular weight excluding hydrogens is 193 g/mol. The van der Waals surface area contributed by atoms with Crippen LogP contribution in [0.5, 0.6) is 0 Å². The van der Waals surface area contributed by atoms with Crippen LogP contribution < -0.4 is 5.32 Å². The van der Waals surface area contributed by atoms with Crippen molar-refractivity contribution in [2.75, 3.05) is 7.05 Å². The lowest BCUT2D eigenvalue weighted by atomic mass is 10.1. The maximum Gasteiger partial charge on any atom is 0.417 e. The van der Waals surface area contributed by atoms with Gasteiger partial charge in [-0.1, -0.05) is 6.58 Å². The van der Waals surface area contributed by atoms with E-state index in [2.05, 4.69) is 16.9 Å². The molecule has 1 aromatic rings. The number of rotatable bonds is 2. The zero-order valence-corrected chi connectivity index (χ0v) is 7.52. The number of aromatic nitrogens is 1. The molecule has 0 spiro atoms. The van der Waals surface area contributed by atoms with Gasteiger partial charge >= 0.3 is 6.18 Å². The Hall–Kier alpha value is -1.52. The quantitative estimate of drug-likeness (QED) is 0.795. The Labute approximate surface area is 79.5 Å². The molecule has 0 fully saturated rings. The average molecular weight is 202 g/mol. The van der Waals surface area contributed by atoms with E-state index in [0.717, 1.165) is 18.5 Å². The van der Waals surface area contributed by atoms with E-state index in [1.165, 1.54) is 7.05 Å². The molecule has 0 aliphatic heterocycles. The van der Waals surface area contributed by atoms with Crippen LogP contribution in [0.15, 0.2) is 25.0 Å².